The summed E-state index contributed by atoms with van der Waals surface area (Å²) < 4.78 is 5.68. The summed E-state index contributed by atoms with van der Waals surface area (Å²) in [7, 11) is 0. The van der Waals surface area contributed by atoms with Gasteiger partial charge in [-0.2, -0.15) is 0 Å². The van der Waals surface area contributed by atoms with Crippen LogP contribution in [0.25, 0.3) is 11.1 Å². The molecule has 1 amide bonds. The zero-order chi connectivity index (χ0) is 19.9. The van der Waals surface area contributed by atoms with E-state index in [1.54, 1.807) is 0 Å². The van der Waals surface area contributed by atoms with Crippen LogP contribution in [-0.4, -0.2) is 37.0 Å². The van der Waals surface area contributed by atoms with Gasteiger partial charge in [0.05, 0.1) is 18.4 Å². The lowest BCUT2D eigenvalue weighted by Gasteiger charge is -2.22. The number of nitrogens with one attached hydrogen (secondary N) is 1. The average Bonchev–Trinajstić information content (AvgIpc) is 3.27. The fourth-order valence-electron chi connectivity index (χ4n) is 3.84. The van der Waals surface area contributed by atoms with Gasteiger partial charge < -0.3 is 14.9 Å². The number of oxime groups is 1. The zero-order valence-corrected chi connectivity index (χ0v) is 16.7. The molecule has 2 aromatic carbocycles. The summed E-state index contributed by atoms with van der Waals surface area (Å²) in [4.78, 5) is 17.6. The van der Waals surface area contributed by atoms with Crippen molar-refractivity contribution >= 4 is 11.6 Å². The van der Waals surface area contributed by atoms with Gasteiger partial charge in [-0.05, 0) is 42.4 Å². The van der Waals surface area contributed by atoms with Gasteiger partial charge in [-0.25, -0.2) is 0 Å². The monoisotopic (exact) mass is 392 g/mol. The van der Waals surface area contributed by atoms with Crippen molar-refractivity contribution in [3.63, 3.8) is 0 Å². The predicted octanol–water partition coefficient (Wildman–Crippen LogP) is 4.31. The highest BCUT2D eigenvalue weighted by Gasteiger charge is 2.23. The molecule has 5 heteroatoms. The first-order valence-electron chi connectivity index (χ1n) is 10.5. The van der Waals surface area contributed by atoms with Crippen molar-refractivity contribution in [1.29, 1.82) is 0 Å². The molecule has 0 aromatic heterocycles. The molecule has 2 aliphatic rings. The Labute approximate surface area is 172 Å². The fraction of sp³-hybridized carbons (Fsp3) is 0.417. The van der Waals surface area contributed by atoms with Crippen molar-refractivity contribution in [1.82, 2.24) is 5.32 Å². The third kappa shape index (κ3) is 5.45. The molecule has 0 bridgehead atoms. The Morgan fingerprint density at radius 3 is 2.48 bits per heavy atom. The normalized spacial score (nSPS) is 21.3. The first-order chi connectivity index (χ1) is 14.3. The summed E-state index contributed by atoms with van der Waals surface area (Å²) in [6.45, 7) is 1.31. The number of benzene rings is 2. The van der Waals surface area contributed by atoms with Gasteiger partial charge in [-0.1, -0.05) is 59.8 Å². The van der Waals surface area contributed by atoms with Gasteiger partial charge in [0.15, 0.2) is 0 Å². The van der Waals surface area contributed by atoms with Gasteiger partial charge in [0, 0.05) is 19.4 Å². The van der Waals surface area contributed by atoms with E-state index in [9.17, 15) is 4.79 Å². The number of nitrogens with zero attached hydrogens (tertiary/aromatic N) is 1. The van der Waals surface area contributed by atoms with Gasteiger partial charge in [-0.3, -0.25) is 4.79 Å². The quantitative estimate of drug-likeness (QED) is 0.764. The smallest absolute Gasteiger partial charge is 0.220 e. The van der Waals surface area contributed by atoms with Crippen LogP contribution in [0.15, 0.2) is 59.8 Å². The molecule has 1 saturated heterocycles. The minimum absolute atomic E-state index is 0.0587. The average molecular weight is 392 g/mol. The van der Waals surface area contributed by atoms with Gasteiger partial charge in [0.1, 0.15) is 6.10 Å². The van der Waals surface area contributed by atoms with Crippen LogP contribution in [0.5, 0.6) is 0 Å². The van der Waals surface area contributed by atoms with E-state index in [2.05, 4.69) is 46.9 Å². The molecule has 0 saturated carbocycles. The Kier molecular flexibility index (Phi) is 6.57. The van der Waals surface area contributed by atoms with E-state index in [1.807, 2.05) is 18.2 Å². The van der Waals surface area contributed by atoms with E-state index >= 15 is 0 Å². The van der Waals surface area contributed by atoms with Crippen molar-refractivity contribution in [2.24, 2.45) is 5.16 Å². The molecule has 1 N–H and O–H groups in total. The maximum absolute atomic E-state index is 12.1. The van der Waals surface area contributed by atoms with Crippen LogP contribution in [0.3, 0.4) is 0 Å². The largest absolute Gasteiger partial charge is 0.390 e. The molecule has 152 valence electrons. The Bertz CT molecular complexity index is 827. The van der Waals surface area contributed by atoms with Gasteiger partial charge in [-0.15, -0.1) is 0 Å². The number of rotatable bonds is 7. The van der Waals surface area contributed by atoms with Crippen LogP contribution in [0.4, 0.5) is 0 Å². The van der Waals surface area contributed by atoms with Crippen molar-refractivity contribution in [3.05, 3.63) is 60.2 Å². The SMILES string of the molecule is O=C(CCC1CCCCO1)NCC1CC(c2ccc(-c3ccccc3)cc2)=NO1. The van der Waals surface area contributed by atoms with Crippen LogP contribution in [0, 0.1) is 0 Å². The number of hydrogen-bond acceptors (Lipinski definition) is 4. The van der Waals surface area contributed by atoms with Gasteiger partial charge >= 0.3 is 0 Å². The van der Waals surface area contributed by atoms with Crippen molar-refractivity contribution < 1.29 is 14.4 Å². The lowest BCUT2D eigenvalue weighted by molar-refractivity contribution is -0.122. The third-order valence-corrected chi connectivity index (χ3v) is 5.55. The third-order valence-electron chi connectivity index (χ3n) is 5.55. The van der Waals surface area contributed by atoms with E-state index in [-0.39, 0.29) is 18.1 Å². The van der Waals surface area contributed by atoms with Crippen LogP contribution >= 0.6 is 0 Å². The van der Waals surface area contributed by atoms with Crippen LogP contribution in [0.1, 0.15) is 44.1 Å². The van der Waals surface area contributed by atoms with E-state index in [1.165, 1.54) is 17.5 Å². The summed E-state index contributed by atoms with van der Waals surface area (Å²) in [5.41, 5.74) is 4.37. The molecule has 2 aliphatic heterocycles. The topological polar surface area (TPSA) is 59.9 Å². The molecule has 2 aromatic rings. The fourth-order valence-corrected chi connectivity index (χ4v) is 3.84. The second-order valence-electron chi connectivity index (χ2n) is 7.74. The number of hydrogen-bond donors (Lipinski definition) is 1. The highest BCUT2D eigenvalue weighted by atomic mass is 16.6. The molecule has 29 heavy (non-hydrogen) atoms. The zero-order valence-electron chi connectivity index (χ0n) is 16.7. The standard InChI is InChI=1S/C24H28N2O3/c27-24(14-13-21-8-4-5-15-28-21)25-17-22-16-23(26-29-22)20-11-9-19(10-12-20)18-6-2-1-3-7-18/h1-3,6-7,9-12,21-22H,4-5,8,13-17H2,(H,25,27). The molecule has 2 atom stereocenters. The minimum Gasteiger partial charge on any atom is -0.390 e. The minimum atomic E-state index is -0.103. The first kappa shape index (κ1) is 19.6. The second-order valence-corrected chi connectivity index (χ2v) is 7.74. The van der Waals surface area contributed by atoms with E-state index in [0.717, 1.165) is 37.1 Å². The number of carbonyl (C=O) groups excluding carboxylic acids is 1. The summed E-state index contributed by atoms with van der Waals surface area (Å²) in [6, 6.07) is 18.7. The Morgan fingerprint density at radius 1 is 0.966 bits per heavy atom. The maximum atomic E-state index is 12.1. The highest BCUT2D eigenvalue weighted by molar-refractivity contribution is 6.01. The van der Waals surface area contributed by atoms with Gasteiger partial charge in [0.25, 0.3) is 0 Å². The molecular formula is C24H28N2O3. The molecule has 1 fully saturated rings. The van der Waals surface area contributed by atoms with Crippen LogP contribution < -0.4 is 5.32 Å². The summed E-state index contributed by atoms with van der Waals surface area (Å²) in [6.07, 6.45) is 5.56. The number of amides is 1. The summed E-state index contributed by atoms with van der Waals surface area (Å²) in [5, 5.41) is 7.21. The van der Waals surface area contributed by atoms with Crippen LogP contribution in [0.2, 0.25) is 0 Å². The Morgan fingerprint density at radius 2 is 1.72 bits per heavy atom. The predicted molar refractivity (Wildman–Crippen MR) is 114 cm³/mol. The van der Waals surface area contributed by atoms with Crippen molar-refractivity contribution in [2.45, 2.75) is 50.7 Å². The Balaban J connectivity index is 1.21. The number of carbonyl (C=O) groups is 1. The van der Waals surface area contributed by atoms with E-state index in [4.69, 9.17) is 9.57 Å². The summed E-state index contributed by atoms with van der Waals surface area (Å²) >= 11 is 0. The van der Waals surface area contributed by atoms with Gasteiger partial charge in [0.2, 0.25) is 5.91 Å². The van der Waals surface area contributed by atoms with E-state index < -0.39 is 0 Å². The summed E-state index contributed by atoms with van der Waals surface area (Å²) in [5.74, 6) is 0.0587. The molecule has 5 nitrogen and oxygen atoms in total. The van der Waals surface area contributed by atoms with Crippen molar-refractivity contribution in [2.75, 3.05) is 13.2 Å². The molecule has 0 aliphatic carbocycles. The second kappa shape index (κ2) is 9.70. The van der Waals surface area contributed by atoms with Crippen molar-refractivity contribution in [3.8, 4) is 11.1 Å². The lowest BCUT2D eigenvalue weighted by Crippen LogP contribution is -2.33. The molecule has 0 radical (unpaired) electrons. The lowest BCUT2D eigenvalue weighted by atomic mass is 10.00. The molecule has 2 heterocycles. The molecule has 4 rings (SSSR count). The van der Waals surface area contributed by atoms with Crippen LogP contribution in [-0.2, 0) is 14.4 Å². The number of ether oxygens (including phenoxy) is 1. The molecular weight excluding hydrogens is 364 g/mol. The highest BCUT2D eigenvalue weighted by Crippen LogP contribution is 2.22. The van der Waals surface area contributed by atoms with E-state index in [0.29, 0.717) is 19.4 Å². The maximum Gasteiger partial charge on any atom is 0.220 e. The first-order valence-corrected chi connectivity index (χ1v) is 10.5. The molecule has 0 spiro atoms. The molecule has 2 unspecified atom stereocenters. The Hall–Kier alpha value is -2.66.